The Hall–Kier alpha value is -0.500. The summed E-state index contributed by atoms with van der Waals surface area (Å²) in [5, 5.41) is 9.00. The second kappa shape index (κ2) is 2.40. The van der Waals surface area contributed by atoms with E-state index in [4.69, 9.17) is 10.8 Å². The van der Waals surface area contributed by atoms with Gasteiger partial charge in [0.15, 0.2) is 0 Å². The van der Waals surface area contributed by atoms with E-state index >= 15 is 0 Å². The average molecular weight is 127 g/mol. The Morgan fingerprint density at radius 3 is 2.89 bits per heavy atom. The Kier molecular flexibility index (Phi) is 1.76. The Morgan fingerprint density at radius 2 is 2.44 bits per heavy atom. The third kappa shape index (κ3) is 1.45. The van der Waals surface area contributed by atoms with Crippen LogP contribution in [0, 0.1) is 5.92 Å². The highest BCUT2D eigenvalue weighted by Crippen LogP contribution is 2.20. The van der Waals surface area contributed by atoms with Gasteiger partial charge in [-0.15, -0.1) is 0 Å². The smallest absolute Gasteiger partial charge is 0.0886 e. The predicted octanol–water partition coefficient (Wildman–Crippen LogP) is 1.19. The highest BCUT2D eigenvalue weighted by atomic mass is 16.3. The predicted molar refractivity (Wildman–Crippen MR) is 37.1 cm³/mol. The zero-order valence-corrected chi connectivity index (χ0v) is 5.67. The Labute approximate surface area is 55.4 Å². The van der Waals surface area contributed by atoms with E-state index in [1.807, 2.05) is 6.08 Å². The van der Waals surface area contributed by atoms with Gasteiger partial charge in [-0.2, -0.15) is 0 Å². The first kappa shape index (κ1) is 6.62. The van der Waals surface area contributed by atoms with E-state index < -0.39 is 0 Å². The van der Waals surface area contributed by atoms with Gasteiger partial charge in [0.2, 0.25) is 0 Å². The summed E-state index contributed by atoms with van der Waals surface area (Å²) in [4.78, 5) is 0. The fourth-order valence-corrected chi connectivity index (χ4v) is 1.07. The first-order valence-corrected chi connectivity index (χ1v) is 3.33. The molecule has 0 saturated heterocycles. The van der Waals surface area contributed by atoms with Crippen molar-refractivity contribution in [2.24, 2.45) is 11.7 Å². The minimum Gasteiger partial charge on any atom is -0.513 e. The van der Waals surface area contributed by atoms with Gasteiger partial charge < -0.3 is 10.8 Å². The van der Waals surface area contributed by atoms with E-state index in [1.165, 1.54) is 0 Å². The molecule has 0 spiro atoms. The molecule has 2 atom stereocenters. The van der Waals surface area contributed by atoms with Crippen LogP contribution in [0.2, 0.25) is 0 Å². The van der Waals surface area contributed by atoms with Crippen LogP contribution in [-0.4, -0.2) is 11.1 Å². The van der Waals surface area contributed by atoms with E-state index in [0.717, 1.165) is 12.8 Å². The third-order valence-corrected chi connectivity index (χ3v) is 1.89. The molecule has 0 bridgehead atoms. The van der Waals surface area contributed by atoms with Crippen LogP contribution in [0.1, 0.15) is 19.8 Å². The third-order valence-electron chi connectivity index (χ3n) is 1.89. The number of rotatable bonds is 0. The molecular formula is C7H13NO. The molecule has 0 aromatic heterocycles. The maximum Gasteiger partial charge on any atom is 0.0886 e. The molecule has 9 heavy (non-hydrogen) atoms. The molecule has 3 N–H and O–H groups in total. The summed E-state index contributed by atoms with van der Waals surface area (Å²) in [6.45, 7) is 2.06. The quantitative estimate of drug-likeness (QED) is 0.513. The molecule has 1 aliphatic carbocycles. The molecule has 52 valence electrons. The van der Waals surface area contributed by atoms with Gasteiger partial charge in [0, 0.05) is 12.5 Å². The number of hydrogen-bond donors (Lipinski definition) is 2. The normalized spacial score (nSPS) is 36.0. The molecule has 0 radical (unpaired) electrons. The first-order valence-electron chi connectivity index (χ1n) is 3.33. The lowest BCUT2D eigenvalue weighted by molar-refractivity contribution is 0.311. The summed E-state index contributed by atoms with van der Waals surface area (Å²) >= 11 is 0. The van der Waals surface area contributed by atoms with Gasteiger partial charge in [0.05, 0.1) is 5.76 Å². The molecule has 0 amide bonds. The second-order valence-electron chi connectivity index (χ2n) is 2.78. The molecule has 0 aliphatic heterocycles. The molecular weight excluding hydrogens is 114 g/mol. The average Bonchev–Trinajstić information content (AvgIpc) is 1.80. The molecule has 0 aromatic carbocycles. The Morgan fingerprint density at radius 1 is 1.78 bits per heavy atom. The first-order chi connectivity index (χ1) is 4.20. The maximum absolute atomic E-state index is 9.00. The molecule has 2 unspecified atom stereocenters. The number of hydrogen-bond acceptors (Lipinski definition) is 2. The lowest BCUT2D eigenvalue weighted by Crippen LogP contribution is -2.30. The number of nitrogens with two attached hydrogens (primary N) is 1. The van der Waals surface area contributed by atoms with Crippen molar-refractivity contribution < 1.29 is 5.11 Å². The summed E-state index contributed by atoms with van der Waals surface area (Å²) in [5.74, 6) is 0.944. The van der Waals surface area contributed by atoms with E-state index in [-0.39, 0.29) is 6.04 Å². The summed E-state index contributed by atoms with van der Waals surface area (Å²) < 4.78 is 0. The number of aliphatic hydroxyl groups excluding tert-OH is 1. The second-order valence-corrected chi connectivity index (χ2v) is 2.78. The van der Waals surface area contributed by atoms with Crippen molar-refractivity contribution in [3.63, 3.8) is 0 Å². The number of aliphatic hydroxyl groups is 1. The largest absolute Gasteiger partial charge is 0.513 e. The van der Waals surface area contributed by atoms with Crippen molar-refractivity contribution >= 4 is 0 Å². The van der Waals surface area contributed by atoms with Gasteiger partial charge in [0.25, 0.3) is 0 Å². The van der Waals surface area contributed by atoms with Gasteiger partial charge in [-0.3, -0.25) is 0 Å². The highest BCUT2D eigenvalue weighted by Gasteiger charge is 2.17. The van der Waals surface area contributed by atoms with Gasteiger partial charge in [0.1, 0.15) is 0 Å². The van der Waals surface area contributed by atoms with E-state index in [0.29, 0.717) is 11.7 Å². The number of allylic oxidation sites excluding steroid dienone is 1. The molecule has 2 nitrogen and oxygen atoms in total. The highest BCUT2D eigenvalue weighted by molar-refractivity contribution is 5.01. The maximum atomic E-state index is 9.00. The van der Waals surface area contributed by atoms with Crippen LogP contribution in [0.5, 0.6) is 0 Å². The van der Waals surface area contributed by atoms with Crippen molar-refractivity contribution in [2.75, 3.05) is 0 Å². The molecule has 0 heterocycles. The van der Waals surface area contributed by atoms with E-state index in [9.17, 15) is 0 Å². The van der Waals surface area contributed by atoms with Crippen molar-refractivity contribution in [3.8, 4) is 0 Å². The molecule has 0 saturated carbocycles. The van der Waals surface area contributed by atoms with Crippen molar-refractivity contribution in [1.82, 2.24) is 0 Å². The van der Waals surface area contributed by atoms with Crippen LogP contribution in [0.15, 0.2) is 11.8 Å². The molecule has 0 fully saturated rings. The molecule has 1 aliphatic rings. The van der Waals surface area contributed by atoms with E-state index in [2.05, 4.69) is 6.92 Å². The molecule has 0 aromatic rings. The SMILES string of the molecule is CC1CC(O)=CCC1N. The standard InChI is InChI=1S/C7H13NO/c1-5-4-6(9)2-3-7(5)8/h2,5,7,9H,3-4,8H2,1H3. The van der Waals surface area contributed by atoms with Gasteiger partial charge in [-0.05, 0) is 18.4 Å². The zero-order valence-electron chi connectivity index (χ0n) is 5.67. The summed E-state index contributed by atoms with van der Waals surface area (Å²) in [6.07, 6.45) is 3.39. The van der Waals surface area contributed by atoms with Crippen molar-refractivity contribution in [1.29, 1.82) is 0 Å². The van der Waals surface area contributed by atoms with Crippen LogP contribution >= 0.6 is 0 Å². The van der Waals surface area contributed by atoms with Crippen LogP contribution in [0.4, 0.5) is 0 Å². The lowest BCUT2D eigenvalue weighted by atomic mass is 9.90. The van der Waals surface area contributed by atoms with Crippen LogP contribution in [-0.2, 0) is 0 Å². The summed E-state index contributed by atoms with van der Waals surface area (Å²) in [7, 11) is 0. The minimum atomic E-state index is 0.251. The summed E-state index contributed by atoms with van der Waals surface area (Å²) in [5.41, 5.74) is 5.68. The Bertz CT molecular complexity index is 131. The lowest BCUT2D eigenvalue weighted by Gasteiger charge is -2.22. The molecule has 1 rings (SSSR count). The topological polar surface area (TPSA) is 46.2 Å². The van der Waals surface area contributed by atoms with Gasteiger partial charge in [-0.1, -0.05) is 6.92 Å². The van der Waals surface area contributed by atoms with Crippen molar-refractivity contribution in [2.45, 2.75) is 25.8 Å². The minimum absolute atomic E-state index is 0.251. The fraction of sp³-hybridized carbons (Fsp3) is 0.714. The monoisotopic (exact) mass is 127 g/mol. The van der Waals surface area contributed by atoms with Crippen LogP contribution < -0.4 is 5.73 Å². The fourth-order valence-electron chi connectivity index (χ4n) is 1.07. The van der Waals surface area contributed by atoms with Gasteiger partial charge >= 0.3 is 0 Å². The van der Waals surface area contributed by atoms with Crippen molar-refractivity contribution in [3.05, 3.63) is 11.8 Å². The Balaban J connectivity index is 2.54. The zero-order chi connectivity index (χ0) is 6.85. The summed E-state index contributed by atoms with van der Waals surface area (Å²) in [6, 6.07) is 0.251. The molecule has 2 heteroatoms. The van der Waals surface area contributed by atoms with Crippen LogP contribution in [0.25, 0.3) is 0 Å². The van der Waals surface area contributed by atoms with Gasteiger partial charge in [-0.25, -0.2) is 0 Å². The van der Waals surface area contributed by atoms with Crippen LogP contribution in [0.3, 0.4) is 0 Å². The van der Waals surface area contributed by atoms with E-state index in [1.54, 1.807) is 0 Å².